The van der Waals surface area contributed by atoms with Crippen molar-refractivity contribution in [1.29, 1.82) is 0 Å². The first-order chi connectivity index (χ1) is 30.6. The van der Waals surface area contributed by atoms with E-state index in [-0.39, 0.29) is 0 Å². The quantitative estimate of drug-likeness (QED) is 0.135. The molecule has 0 amide bonds. The van der Waals surface area contributed by atoms with Crippen molar-refractivity contribution >= 4 is 34.6 Å². The van der Waals surface area contributed by atoms with Crippen molar-refractivity contribution in [3.8, 4) is 45.6 Å². The molecule has 0 saturated carbocycles. The summed E-state index contributed by atoms with van der Waals surface area (Å²) < 4.78 is 0. The van der Waals surface area contributed by atoms with Crippen molar-refractivity contribution in [1.82, 2.24) is 29.9 Å². The van der Waals surface area contributed by atoms with Gasteiger partial charge in [0.1, 0.15) is 0 Å². The van der Waals surface area contributed by atoms with Gasteiger partial charge in [-0.1, -0.05) is 157 Å². The van der Waals surface area contributed by atoms with E-state index in [1.807, 2.05) is 126 Å². The van der Waals surface area contributed by atoms with Gasteiger partial charge in [-0.25, -0.2) is 14.9 Å². The van der Waals surface area contributed by atoms with Gasteiger partial charge in [0, 0.05) is 27.9 Å². The average molecular weight is 821 g/mol. The van der Waals surface area contributed by atoms with Gasteiger partial charge in [0.25, 0.3) is 0 Å². The number of nitrogens with zero attached hydrogens (tertiary/aromatic N) is 8. The molecule has 0 aliphatic carbocycles. The Labute approximate surface area is 369 Å². The number of rotatable bonds is 10. The van der Waals surface area contributed by atoms with Gasteiger partial charge >= 0.3 is 0 Å². The first-order valence-corrected chi connectivity index (χ1v) is 21.2. The third-order valence-electron chi connectivity index (χ3n) is 11.2. The van der Waals surface area contributed by atoms with Gasteiger partial charge in [0.15, 0.2) is 23.3 Å². The Kier molecular flexibility index (Phi) is 11.1. The second-order valence-electron chi connectivity index (χ2n) is 16.2. The Bertz CT molecular complexity index is 2730. The molecule has 0 unspecified atom stereocenters. The third kappa shape index (κ3) is 8.31. The maximum atomic E-state index is 5.24. The molecular formula is C55H48N8. The van der Waals surface area contributed by atoms with Crippen molar-refractivity contribution in [2.24, 2.45) is 0 Å². The predicted molar refractivity (Wildman–Crippen MR) is 257 cm³/mol. The molecule has 8 heteroatoms. The lowest BCUT2D eigenvalue weighted by atomic mass is 9.98. The van der Waals surface area contributed by atoms with Crippen LogP contribution in [0.25, 0.3) is 45.6 Å². The highest BCUT2D eigenvalue weighted by molar-refractivity contribution is 5.86. The second kappa shape index (κ2) is 17.3. The molecule has 9 aromatic rings. The number of aryl methyl sites for hydroxylation is 7. The summed E-state index contributed by atoms with van der Waals surface area (Å²) in [6.45, 7) is 15.3. The van der Waals surface area contributed by atoms with Crippen molar-refractivity contribution in [3.63, 3.8) is 0 Å². The summed E-state index contributed by atoms with van der Waals surface area (Å²) in [4.78, 5) is 35.4. The van der Waals surface area contributed by atoms with Crippen LogP contribution in [0.5, 0.6) is 0 Å². The molecule has 0 spiro atoms. The fourth-order valence-corrected chi connectivity index (χ4v) is 8.55. The van der Waals surface area contributed by atoms with E-state index in [0.717, 1.165) is 50.6 Å². The van der Waals surface area contributed by atoms with Gasteiger partial charge in [-0.3, -0.25) is 0 Å². The standard InChI is InChI=1S/C55H48N8/c1-35-30-38(4)48(39(5)31-35)62(49-40(6)32-36(2)33-41(49)7)46-28-29-47(37(3)34-46)63(54-58-50(42-20-12-8-13-21-42)56-51(59-54)43-22-14-9-15-23-43)55-60-52(44-24-16-10-17-25-44)57-53(61-55)45-26-18-11-19-27-45/h8-34H,1-7H3. The summed E-state index contributed by atoms with van der Waals surface area (Å²) in [6, 6.07) is 55.6. The number of benzene rings is 7. The van der Waals surface area contributed by atoms with Crippen LogP contribution in [0.2, 0.25) is 0 Å². The van der Waals surface area contributed by atoms with Crippen molar-refractivity contribution in [2.75, 3.05) is 9.80 Å². The molecule has 0 N–H and O–H groups in total. The second-order valence-corrected chi connectivity index (χ2v) is 16.2. The predicted octanol–water partition coefficient (Wildman–Crippen LogP) is 13.8. The lowest BCUT2D eigenvalue weighted by molar-refractivity contribution is 0.961. The minimum Gasteiger partial charge on any atom is -0.309 e. The summed E-state index contributed by atoms with van der Waals surface area (Å²) in [7, 11) is 0. The SMILES string of the molecule is Cc1cc(C)c(N(c2ccc(N(c3nc(-c4ccccc4)nc(-c4ccccc4)n3)c3nc(-c4ccccc4)nc(-c4ccccc4)n3)c(C)c2)c2c(C)cc(C)cc2C)c(C)c1. The van der Waals surface area contributed by atoms with Gasteiger partial charge in [0.2, 0.25) is 11.9 Å². The molecule has 9 rings (SSSR count). The van der Waals surface area contributed by atoms with Crippen LogP contribution in [0.4, 0.5) is 34.6 Å². The summed E-state index contributed by atoms with van der Waals surface area (Å²) in [5, 5.41) is 0. The molecule has 0 bridgehead atoms. The van der Waals surface area contributed by atoms with E-state index >= 15 is 0 Å². The first-order valence-electron chi connectivity index (χ1n) is 21.2. The molecule has 0 radical (unpaired) electrons. The van der Waals surface area contributed by atoms with E-state index in [2.05, 4.69) is 95.8 Å². The summed E-state index contributed by atoms with van der Waals surface area (Å²) in [6.07, 6.45) is 0. The van der Waals surface area contributed by atoms with Crippen LogP contribution in [0.3, 0.4) is 0 Å². The van der Waals surface area contributed by atoms with Crippen LogP contribution < -0.4 is 9.80 Å². The van der Waals surface area contributed by atoms with Gasteiger partial charge in [0.05, 0.1) is 17.1 Å². The molecule has 0 aliphatic heterocycles. The first kappa shape index (κ1) is 40.6. The van der Waals surface area contributed by atoms with Crippen LogP contribution in [0.15, 0.2) is 164 Å². The highest BCUT2D eigenvalue weighted by atomic mass is 15.4. The van der Waals surface area contributed by atoms with Gasteiger partial charge in [-0.05, 0) is 94.5 Å². The molecule has 2 heterocycles. The molecule has 7 aromatic carbocycles. The maximum Gasteiger partial charge on any atom is 0.241 e. The summed E-state index contributed by atoms with van der Waals surface area (Å²) in [5.41, 5.74) is 15.8. The lowest BCUT2D eigenvalue weighted by Gasteiger charge is -2.33. The highest BCUT2D eigenvalue weighted by Gasteiger charge is 2.27. The number of aromatic nitrogens is 6. The van der Waals surface area contributed by atoms with E-state index in [1.54, 1.807) is 0 Å². The largest absolute Gasteiger partial charge is 0.309 e. The minimum atomic E-state index is 0.370. The molecule has 8 nitrogen and oxygen atoms in total. The number of anilines is 6. The van der Waals surface area contributed by atoms with E-state index in [0.29, 0.717) is 35.2 Å². The zero-order valence-corrected chi connectivity index (χ0v) is 36.7. The molecule has 0 fully saturated rings. The highest BCUT2D eigenvalue weighted by Crippen LogP contribution is 2.45. The number of hydrogen-bond acceptors (Lipinski definition) is 8. The van der Waals surface area contributed by atoms with Gasteiger partial charge < -0.3 is 4.90 Å². The maximum absolute atomic E-state index is 5.24. The Morgan fingerprint density at radius 2 is 0.619 bits per heavy atom. The minimum absolute atomic E-state index is 0.370. The van der Waals surface area contributed by atoms with Crippen LogP contribution in [-0.2, 0) is 0 Å². The molecule has 0 saturated heterocycles. The normalized spacial score (nSPS) is 11.1. The monoisotopic (exact) mass is 820 g/mol. The Hall–Kier alpha value is -7.84. The molecule has 308 valence electrons. The van der Waals surface area contributed by atoms with Crippen LogP contribution in [0.1, 0.15) is 38.9 Å². The Morgan fingerprint density at radius 1 is 0.302 bits per heavy atom. The molecular weight excluding hydrogens is 773 g/mol. The zero-order chi connectivity index (χ0) is 43.6. The summed E-state index contributed by atoms with van der Waals surface area (Å²) >= 11 is 0. The van der Waals surface area contributed by atoms with E-state index in [9.17, 15) is 0 Å². The van der Waals surface area contributed by atoms with Crippen molar-refractivity contribution in [3.05, 3.63) is 203 Å². The van der Waals surface area contributed by atoms with Crippen molar-refractivity contribution < 1.29 is 0 Å². The fraction of sp³-hybridized carbons (Fsp3) is 0.127. The molecule has 2 aromatic heterocycles. The average Bonchev–Trinajstić information content (AvgIpc) is 3.29. The zero-order valence-electron chi connectivity index (χ0n) is 36.7. The van der Waals surface area contributed by atoms with E-state index < -0.39 is 0 Å². The van der Waals surface area contributed by atoms with Gasteiger partial charge in [-0.15, -0.1) is 0 Å². The van der Waals surface area contributed by atoms with E-state index in [1.165, 1.54) is 33.4 Å². The Balaban J connectivity index is 1.32. The Morgan fingerprint density at radius 3 is 0.921 bits per heavy atom. The third-order valence-corrected chi connectivity index (χ3v) is 11.2. The van der Waals surface area contributed by atoms with Crippen LogP contribution in [-0.4, -0.2) is 29.9 Å². The van der Waals surface area contributed by atoms with Crippen molar-refractivity contribution in [2.45, 2.75) is 48.5 Å². The topological polar surface area (TPSA) is 83.8 Å². The molecule has 63 heavy (non-hydrogen) atoms. The van der Waals surface area contributed by atoms with Crippen LogP contribution in [0, 0.1) is 48.5 Å². The smallest absolute Gasteiger partial charge is 0.241 e. The van der Waals surface area contributed by atoms with E-state index in [4.69, 9.17) is 29.9 Å². The molecule has 0 atom stereocenters. The van der Waals surface area contributed by atoms with Crippen LogP contribution >= 0.6 is 0 Å². The number of hydrogen-bond donors (Lipinski definition) is 0. The summed E-state index contributed by atoms with van der Waals surface area (Å²) in [5.74, 6) is 2.86. The fourth-order valence-electron chi connectivity index (χ4n) is 8.55. The molecule has 0 aliphatic rings. The van der Waals surface area contributed by atoms with Gasteiger partial charge in [-0.2, -0.15) is 19.9 Å². The lowest BCUT2D eigenvalue weighted by Crippen LogP contribution is -2.20.